The van der Waals surface area contributed by atoms with Crippen LogP contribution in [0.1, 0.15) is 72.3 Å². The van der Waals surface area contributed by atoms with E-state index in [0.717, 1.165) is 12.1 Å². The lowest BCUT2D eigenvalue weighted by Crippen LogP contribution is -2.56. The highest BCUT2D eigenvalue weighted by Gasteiger charge is 2.46. The van der Waals surface area contributed by atoms with Gasteiger partial charge in [-0.1, -0.05) is 56.3 Å². The number of phenolic OH excluding ortho intramolecular Hbond substituents is 1. The summed E-state index contributed by atoms with van der Waals surface area (Å²) in [6.07, 6.45) is -0.0602. The van der Waals surface area contributed by atoms with Crippen molar-refractivity contribution in [2.75, 3.05) is 36.5 Å². The third-order valence-electron chi connectivity index (χ3n) is 13.3. The van der Waals surface area contributed by atoms with Crippen LogP contribution in [-0.2, 0) is 32.2 Å². The number of rotatable bonds is 11. The van der Waals surface area contributed by atoms with E-state index in [1.54, 1.807) is 73.5 Å². The fourth-order valence-corrected chi connectivity index (χ4v) is 9.81. The van der Waals surface area contributed by atoms with Crippen LogP contribution >= 0.6 is 11.6 Å². The van der Waals surface area contributed by atoms with Crippen LogP contribution < -0.4 is 21.2 Å². The number of carbonyl (C=O) groups is 6. The Labute approximate surface area is 432 Å². The van der Waals surface area contributed by atoms with Gasteiger partial charge in [-0.3, -0.25) is 24.2 Å². The maximum Gasteiger partial charge on any atom is 0.423 e. The van der Waals surface area contributed by atoms with Crippen LogP contribution in [0.3, 0.4) is 0 Å². The number of benzene rings is 3. The fourth-order valence-electron chi connectivity index (χ4n) is 9.62. The number of urea groups is 1. The second-order valence-electron chi connectivity index (χ2n) is 18.7. The van der Waals surface area contributed by atoms with Gasteiger partial charge in [-0.15, -0.1) is 0 Å². The van der Waals surface area contributed by atoms with E-state index in [1.807, 2.05) is 13.8 Å². The van der Waals surface area contributed by atoms with Gasteiger partial charge in [0.05, 0.1) is 22.3 Å². The summed E-state index contributed by atoms with van der Waals surface area (Å²) >= 11 is 6.00. The molecule has 0 radical (unpaired) electrons. The summed E-state index contributed by atoms with van der Waals surface area (Å²) in [5.41, 5.74) is 1.45. The Balaban J connectivity index is 0.862. The first kappa shape index (κ1) is 51.3. The molecule has 3 aromatic carbocycles. The molecule has 386 valence electrons. The molecule has 2 atom stereocenters. The number of likely N-dealkylation sites (tertiary alicyclic amines) is 1. The van der Waals surface area contributed by atoms with Crippen molar-refractivity contribution < 1.29 is 47.4 Å². The standard InChI is InChI=1S/C53H49ClF2N10O9/c1-27(2)43-45(28(3)16-17-57-43)66-47-36(22-38(56)44(60-47)42-37(55)10-7-11-40(42)67)46(61-52(66)73)63-19-18-62(24-30(63)5)48(69)29(4)26-75-53(74)65-41(68)15-14-39(50(65)71)64-25-32-20-31(12-13-35(32)49(64)70)23-58-51(72)59-34-9-6-8-33(54)21-34/h6-13,16-17,20-22,27,30,39,67H,4,14-15,18-19,23-26H2,1-3,5H3,(H2,58,59,72)/t30-,39?/m0/s1. The number of anilines is 2. The van der Waals surface area contributed by atoms with E-state index in [2.05, 4.69) is 32.2 Å². The monoisotopic (exact) mass is 1040 g/mol. The summed E-state index contributed by atoms with van der Waals surface area (Å²) in [4.78, 5) is 113. The first-order chi connectivity index (χ1) is 35.8. The van der Waals surface area contributed by atoms with E-state index in [0.29, 0.717) is 49.2 Å². The molecule has 19 nitrogen and oxygen atoms in total. The molecule has 3 aromatic heterocycles. The van der Waals surface area contributed by atoms with E-state index in [9.17, 15) is 38.7 Å². The minimum absolute atomic E-state index is 0.00434. The third-order valence-corrected chi connectivity index (χ3v) is 13.5. The average Bonchev–Trinajstić information content (AvgIpc) is 3.70. The number of carbonyl (C=O) groups excluding carboxylic acids is 6. The Morgan fingerprint density at radius 1 is 0.960 bits per heavy atom. The second kappa shape index (κ2) is 20.7. The van der Waals surface area contributed by atoms with Crippen LogP contribution in [0.4, 0.5) is 29.9 Å². The Morgan fingerprint density at radius 2 is 1.73 bits per heavy atom. The number of hydrogen-bond acceptors (Lipinski definition) is 13. The van der Waals surface area contributed by atoms with E-state index < -0.39 is 88.8 Å². The summed E-state index contributed by atoms with van der Waals surface area (Å²) in [5, 5.41) is 16.6. The zero-order valence-corrected chi connectivity index (χ0v) is 41.8. The quantitative estimate of drug-likeness (QED) is 0.0867. The Hall–Kier alpha value is -8.59. The van der Waals surface area contributed by atoms with Gasteiger partial charge in [0.15, 0.2) is 11.5 Å². The van der Waals surface area contributed by atoms with Crippen LogP contribution in [0.25, 0.3) is 28.0 Å². The third kappa shape index (κ3) is 9.97. The highest BCUT2D eigenvalue weighted by molar-refractivity contribution is 6.30. The molecular formula is C53H49ClF2N10O9. The maximum absolute atomic E-state index is 16.3. The SMILES string of the molecule is C=C(COC(=O)N1C(=O)CCC(N2Cc3cc(CNC(=O)Nc4cccc(Cl)c4)ccc3C2=O)C1=O)C(=O)N1CCN(c2nc(=O)n(-c3c(C)ccnc3C(C)C)c3nc(-c4c(O)cccc4F)c(F)cc23)[C@@H](C)C1. The number of hydrogen-bond donors (Lipinski definition) is 3. The topological polar surface area (TPSA) is 230 Å². The number of imide groups is 3. The smallest absolute Gasteiger partial charge is 0.423 e. The van der Waals surface area contributed by atoms with Crippen molar-refractivity contribution in [2.45, 2.75) is 71.6 Å². The number of piperazine rings is 1. The molecule has 6 aromatic rings. The normalized spacial score (nSPS) is 16.7. The van der Waals surface area contributed by atoms with Gasteiger partial charge in [0.1, 0.15) is 35.7 Å². The Kier molecular flexibility index (Phi) is 14.2. The molecule has 75 heavy (non-hydrogen) atoms. The van der Waals surface area contributed by atoms with Crippen LogP contribution in [-0.4, -0.2) is 113 Å². The van der Waals surface area contributed by atoms with Gasteiger partial charge < -0.3 is 35.2 Å². The molecule has 1 unspecified atom stereocenters. The molecular weight excluding hydrogens is 994 g/mol. The van der Waals surface area contributed by atoms with E-state index >= 15 is 8.78 Å². The van der Waals surface area contributed by atoms with Crippen LogP contribution in [0.2, 0.25) is 5.02 Å². The molecule has 0 saturated carbocycles. The molecule has 3 aliphatic heterocycles. The first-order valence-corrected chi connectivity index (χ1v) is 24.3. The highest BCUT2D eigenvalue weighted by Crippen LogP contribution is 2.37. The van der Waals surface area contributed by atoms with Crippen molar-refractivity contribution in [1.29, 1.82) is 0 Å². The lowest BCUT2D eigenvalue weighted by Gasteiger charge is -2.41. The Morgan fingerprint density at radius 3 is 2.47 bits per heavy atom. The van der Waals surface area contributed by atoms with Gasteiger partial charge >= 0.3 is 17.8 Å². The highest BCUT2D eigenvalue weighted by atomic mass is 35.5. The van der Waals surface area contributed by atoms with Crippen molar-refractivity contribution >= 4 is 69.9 Å². The van der Waals surface area contributed by atoms with Crippen molar-refractivity contribution in [1.82, 2.24) is 39.5 Å². The van der Waals surface area contributed by atoms with Crippen LogP contribution in [0.15, 0.2) is 95.9 Å². The van der Waals surface area contributed by atoms with Gasteiger partial charge in [-0.25, -0.2) is 32.7 Å². The largest absolute Gasteiger partial charge is 0.507 e. The molecule has 3 N–H and O–H groups in total. The lowest BCUT2D eigenvalue weighted by molar-refractivity contribution is -0.149. The number of ether oxygens (including phenoxy) is 1. The summed E-state index contributed by atoms with van der Waals surface area (Å²) in [7, 11) is 0. The molecule has 9 rings (SSSR count). The number of aryl methyl sites for hydroxylation is 1. The zero-order valence-electron chi connectivity index (χ0n) is 41.0. The van der Waals surface area contributed by atoms with Gasteiger partial charge in [0.25, 0.3) is 17.7 Å². The van der Waals surface area contributed by atoms with Gasteiger partial charge in [-0.05, 0) is 91.4 Å². The van der Waals surface area contributed by atoms with Crippen LogP contribution in [0, 0.1) is 18.6 Å². The number of phenols is 1. The molecule has 3 aliphatic rings. The van der Waals surface area contributed by atoms with Crippen molar-refractivity contribution in [2.24, 2.45) is 0 Å². The number of nitrogens with one attached hydrogen (secondary N) is 2. The molecule has 2 fully saturated rings. The molecule has 0 bridgehead atoms. The van der Waals surface area contributed by atoms with Crippen LogP contribution in [0.5, 0.6) is 5.75 Å². The van der Waals surface area contributed by atoms with E-state index in [-0.39, 0.29) is 73.9 Å². The predicted molar refractivity (Wildman–Crippen MR) is 271 cm³/mol. The molecule has 22 heteroatoms. The molecule has 6 heterocycles. The van der Waals surface area contributed by atoms with Gasteiger partial charge in [0.2, 0.25) is 5.91 Å². The number of nitrogens with zero attached hydrogens (tertiary/aromatic N) is 8. The number of aromatic hydroxyl groups is 1. The Bertz CT molecular complexity index is 3440. The number of pyridine rings is 2. The van der Waals surface area contributed by atoms with E-state index in [1.165, 1.54) is 26.5 Å². The number of amides is 7. The molecule has 0 spiro atoms. The number of halogens is 3. The predicted octanol–water partition coefficient (Wildman–Crippen LogP) is 7.14. The maximum atomic E-state index is 16.3. The van der Waals surface area contributed by atoms with E-state index in [4.69, 9.17) is 16.3 Å². The lowest BCUT2D eigenvalue weighted by atomic mass is 10.0. The first-order valence-electron chi connectivity index (χ1n) is 23.9. The number of aromatic nitrogens is 4. The average molecular weight is 1040 g/mol. The second-order valence-corrected chi connectivity index (χ2v) is 19.1. The number of fused-ring (bicyclic) bond motifs is 2. The van der Waals surface area contributed by atoms with Crippen molar-refractivity contribution in [3.63, 3.8) is 0 Å². The zero-order chi connectivity index (χ0) is 53.6. The summed E-state index contributed by atoms with van der Waals surface area (Å²) < 4.78 is 38.1. The van der Waals surface area contributed by atoms with Crippen molar-refractivity contribution in [3.05, 3.63) is 146 Å². The summed E-state index contributed by atoms with van der Waals surface area (Å²) in [6.45, 7) is 10.6. The molecule has 0 aliphatic carbocycles. The molecule has 2 saturated heterocycles. The number of piperidine rings is 1. The van der Waals surface area contributed by atoms with Gasteiger partial charge in [0, 0.05) is 73.2 Å². The summed E-state index contributed by atoms with van der Waals surface area (Å²) in [6, 6.07) is 15.6. The molecule has 7 amide bonds. The van der Waals surface area contributed by atoms with Crippen molar-refractivity contribution in [3.8, 4) is 22.7 Å². The summed E-state index contributed by atoms with van der Waals surface area (Å²) in [5.74, 6) is -5.60. The minimum atomic E-state index is -1.35. The fraction of sp³-hybridized carbons (Fsp3) is 0.283. The minimum Gasteiger partial charge on any atom is -0.507 e. The van der Waals surface area contributed by atoms with Gasteiger partial charge in [-0.2, -0.15) is 9.88 Å².